The van der Waals surface area contributed by atoms with Crippen molar-refractivity contribution < 1.29 is 24.0 Å². The molecule has 0 saturated carbocycles. The Kier molecular flexibility index (Phi) is 5.38. The molecule has 0 aliphatic carbocycles. The number of para-hydroxylation sites is 1. The number of ether oxygens (including phenoxy) is 2. The molecule has 4 rings (SSSR count). The number of fused-ring (bicyclic) bond motifs is 1. The third-order valence-electron chi connectivity index (χ3n) is 5.20. The van der Waals surface area contributed by atoms with Crippen molar-refractivity contribution in [3.63, 3.8) is 0 Å². The lowest BCUT2D eigenvalue weighted by Crippen LogP contribution is -2.42. The summed E-state index contributed by atoms with van der Waals surface area (Å²) in [6.45, 7) is 2.13. The number of nitrogens with one attached hydrogen (secondary N) is 1. The summed E-state index contributed by atoms with van der Waals surface area (Å²) in [7, 11) is 0. The van der Waals surface area contributed by atoms with E-state index in [1.807, 2.05) is 25.1 Å². The van der Waals surface area contributed by atoms with Crippen LogP contribution in [0.15, 0.2) is 42.5 Å². The van der Waals surface area contributed by atoms with Crippen molar-refractivity contribution in [3.05, 3.63) is 63.7 Å². The molecule has 2 atom stereocenters. The minimum atomic E-state index is -0.684. The van der Waals surface area contributed by atoms with Gasteiger partial charge in [-0.2, -0.15) is 0 Å². The second-order valence-electron chi connectivity index (χ2n) is 7.59. The molecule has 2 unspecified atom stereocenters. The van der Waals surface area contributed by atoms with Crippen molar-refractivity contribution in [2.75, 3.05) is 6.61 Å². The molecule has 0 radical (unpaired) electrons. The highest BCUT2D eigenvalue weighted by atomic mass is 32.2. The first-order valence-corrected chi connectivity index (χ1v) is 10.4. The molecular formula is C21H20N2O6S. The second-order valence-corrected chi connectivity index (χ2v) is 8.77. The van der Waals surface area contributed by atoms with Gasteiger partial charge in [-0.25, -0.2) is 0 Å². The Morgan fingerprint density at radius 2 is 2.03 bits per heavy atom. The quantitative estimate of drug-likeness (QED) is 0.553. The Hall–Kier alpha value is -3.07. The first kappa shape index (κ1) is 20.2. The first-order valence-electron chi connectivity index (χ1n) is 9.51. The van der Waals surface area contributed by atoms with Crippen LogP contribution < -0.4 is 14.8 Å². The topological polar surface area (TPSA) is 108 Å². The number of imide groups is 1. The Labute approximate surface area is 177 Å². The number of rotatable bonds is 6. The van der Waals surface area contributed by atoms with Gasteiger partial charge in [0.05, 0.1) is 10.2 Å². The van der Waals surface area contributed by atoms with Gasteiger partial charge in [0.2, 0.25) is 11.7 Å². The van der Waals surface area contributed by atoms with E-state index in [1.165, 1.54) is 6.07 Å². The average Bonchev–Trinajstić information content (AvgIpc) is 3.03. The van der Waals surface area contributed by atoms with Gasteiger partial charge in [-0.05, 0) is 43.9 Å². The fourth-order valence-electron chi connectivity index (χ4n) is 3.53. The third-order valence-corrected chi connectivity index (χ3v) is 6.18. The number of aryl methyl sites for hydroxylation is 1. The van der Waals surface area contributed by atoms with E-state index in [0.717, 1.165) is 22.9 Å². The number of benzene rings is 2. The zero-order chi connectivity index (χ0) is 21.3. The maximum Gasteiger partial charge on any atom is 0.311 e. The van der Waals surface area contributed by atoms with E-state index in [0.29, 0.717) is 30.8 Å². The first-order chi connectivity index (χ1) is 14.3. The number of hydrogen-bond donors (Lipinski definition) is 1. The van der Waals surface area contributed by atoms with Gasteiger partial charge in [-0.15, -0.1) is 0 Å². The summed E-state index contributed by atoms with van der Waals surface area (Å²) in [6, 6.07) is 12.3. The number of carbonyl (C=O) groups excluding carboxylic acids is 2. The Morgan fingerprint density at radius 1 is 1.27 bits per heavy atom. The third kappa shape index (κ3) is 4.25. The summed E-state index contributed by atoms with van der Waals surface area (Å²) in [6.07, 6.45) is 1.82. The maximum absolute atomic E-state index is 11.7. The average molecular weight is 428 g/mol. The number of nitro benzene ring substituents is 1. The zero-order valence-electron chi connectivity index (χ0n) is 16.3. The molecule has 0 aromatic heterocycles. The predicted octanol–water partition coefficient (Wildman–Crippen LogP) is 3.65. The molecule has 1 saturated heterocycles. The minimum Gasteiger partial charge on any atom is -0.489 e. The van der Waals surface area contributed by atoms with Crippen LogP contribution in [0.25, 0.3) is 0 Å². The molecule has 2 aliphatic rings. The van der Waals surface area contributed by atoms with Crippen LogP contribution in [-0.2, 0) is 17.6 Å². The van der Waals surface area contributed by atoms with Crippen LogP contribution in [0.1, 0.15) is 24.5 Å². The highest BCUT2D eigenvalue weighted by Gasteiger charge is 2.36. The second kappa shape index (κ2) is 7.98. The van der Waals surface area contributed by atoms with Crippen molar-refractivity contribution >= 4 is 28.6 Å². The molecule has 0 bridgehead atoms. The van der Waals surface area contributed by atoms with Crippen LogP contribution in [0.3, 0.4) is 0 Å². The minimum absolute atomic E-state index is 0.0323. The largest absolute Gasteiger partial charge is 0.489 e. The van der Waals surface area contributed by atoms with Crippen molar-refractivity contribution in [1.82, 2.24) is 5.32 Å². The van der Waals surface area contributed by atoms with Crippen molar-refractivity contribution in [3.8, 4) is 11.5 Å². The smallest absolute Gasteiger partial charge is 0.311 e. The highest BCUT2D eigenvalue weighted by molar-refractivity contribution is 8.15. The van der Waals surface area contributed by atoms with E-state index >= 15 is 0 Å². The van der Waals surface area contributed by atoms with Gasteiger partial charge in [0.15, 0.2) is 0 Å². The van der Waals surface area contributed by atoms with Crippen LogP contribution in [0.5, 0.6) is 11.5 Å². The van der Waals surface area contributed by atoms with E-state index < -0.39 is 15.8 Å². The van der Waals surface area contributed by atoms with Gasteiger partial charge >= 0.3 is 5.69 Å². The molecule has 8 nitrogen and oxygen atoms in total. The standard InChI is InChI=1S/C21H20N2O6S/c1-21(10-9-14-3-2-4-16(23(26)27)18(14)29-21)12-28-15-7-5-13(6-8-15)11-17-19(24)22-20(25)30-17/h2-8,17H,9-12H2,1H3,(H,22,24,25). The van der Waals surface area contributed by atoms with Gasteiger partial charge in [-0.1, -0.05) is 36.0 Å². The van der Waals surface area contributed by atoms with E-state index in [4.69, 9.17) is 9.47 Å². The van der Waals surface area contributed by atoms with Crippen LogP contribution >= 0.6 is 11.8 Å². The molecule has 2 aromatic carbocycles. The number of thioether (sulfide) groups is 1. The van der Waals surface area contributed by atoms with E-state index in [9.17, 15) is 19.7 Å². The van der Waals surface area contributed by atoms with E-state index in [1.54, 1.807) is 18.2 Å². The number of nitro groups is 1. The van der Waals surface area contributed by atoms with Gasteiger partial charge < -0.3 is 9.47 Å². The van der Waals surface area contributed by atoms with Crippen molar-refractivity contribution in [2.45, 2.75) is 37.0 Å². The molecule has 2 aromatic rings. The fraction of sp³-hybridized carbons (Fsp3) is 0.333. The molecule has 1 fully saturated rings. The summed E-state index contributed by atoms with van der Waals surface area (Å²) in [5.74, 6) is 0.690. The lowest BCUT2D eigenvalue weighted by atomic mass is 9.93. The lowest BCUT2D eigenvalue weighted by molar-refractivity contribution is -0.386. The molecule has 2 heterocycles. The van der Waals surface area contributed by atoms with Crippen LogP contribution in [-0.4, -0.2) is 33.5 Å². The SMILES string of the molecule is CC1(COc2ccc(CC3SC(=O)NC3=O)cc2)CCc2cccc([N+](=O)[O-])c2O1. The summed E-state index contributed by atoms with van der Waals surface area (Å²) in [5, 5.41) is 12.9. The normalized spacial score (nSPS) is 22.8. The Morgan fingerprint density at radius 3 is 2.70 bits per heavy atom. The molecule has 156 valence electrons. The van der Waals surface area contributed by atoms with Crippen LogP contribution in [0, 0.1) is 10.1 Å². The number of nitrogens with zero attached hydrogens (tertiary/aromatic N) is 1. The molecule has 30 heavy (non-hydrogen) atoms. The van der Waals surface area contributed by atoms with Gasteiger partial charge in [0, 0.05) is 11.6 Å². The summed E-state index contributed by atoms with van der Waals surface area (Å²) in [5.41, 5.74) is 1.04. The molecule has 0 spiro atoms. The molecule has 2 aliphatic heterocycles. The van der Waals surface area contributed by atoms with Crippen LogP contribution in [0.2, 0.25) is 0 Å². The summed E-state index contributed by atoms with van der Waals surface area (Å²) >= 11 is 1.00. The molecule has 2 amide bonds. The number of amides is 2. The van der Waals surface area contributed by atoms with Gasteiger partial charge in [-0.3, -0.25) is 25.0 Å². The fourth-order valence-corrected chi connectivity index (χ4v) is 4.39. The zero-order valence-corrected chi connectivity index (χ0v) is 17.1. The van der Waals surface area contributed by atoms with E-state index in [2.05, 4.69) is 5.32 Å². The molecule has 1 N–H and O–H groups in total. The predicted molar refractivity (Wildman–Crippen MR) is 111 cm³/mol. The monoisotopic (exact) mass is 428 g/mol. The van der Waals surface area contributed by atoms with Crippen molar-refractivity contribution in [2.24, 2.45) is 0 Å². The molecular weight excluding hydrogens is 408 g/mol. The van der Waals surface area contributed by atoms with Gasteiger partial charge in [0.1, 0.15) is 18.0 Å². The summed E-state index contributed by atoms with van der Waals surface area (Å²) < 4.78 is 11.9. The highest BCUT2D eigenvalue weighted by Crippen LogP contribution is 2.40. The Bertz CT molecular complexity index is 1010. The summed E-state index contributed by atoms with van der Waals surface area (Å²) in [4.78, 5) is 33.8. The van der Waals surface area contributed by atoms with E-state index in [-0.39, 0.29) is 23.4 Å². The molecule has 9 heteroatoms. The van der Waals surface area contributed by atoms with Crippen molar-refractivity contribution in [1.29, 1.82) is 0 Å². The lowest BCUT2D eigenvalue weighted by Gasteiger charge is -2.35. The maximum atomic E-state index is 11.7. The number of carbonyl (C=O) groups is 2. The Balaban J connectivity index is 1.38. The van der Waals surface area contributed by atoms with Crippen LogP contribution in [0.4, 0.5) is 10.5 Å². The number of hydrogen-bond acceptors (Lipinski definition) is 7. The van der Waals surface area contributed by atoms with Gasteiger partial charge in [0.25, 0.3) is 5.24 Å².